The number of hydrogen-bond donors (Lipinski definition) is 1. The molecule has 0 bridgehead atoms. The van der Waals surface area contributed by atoms with Crippen molar-refractivity contribution in [3.05, 3.63) is 28.2 Å². The maximum absolute atomic E-state index is 3.71. The first kappa shape index (κ1) is 15.8. The van der Waals surface area contributed by atoms with E-state index in [9.17, 15) is 0 Å². The number of nitrogens with one attached hydrogen (secondary N) is 1. The van der Waals surface area contributed by atoms with Crippen LogP contribution in [0.25, 0.3) is 0 Å². The zero-order valence-corrected chi connectivity index (χ0v) is 14.5. The van der Waals surface area contributed by atoms with Gasteiger partial charge in [-0.1, -0.05) is 22.9 Å². The quantitative estimate of drug-likeness (QED) is 0.838. The molecule has 0 radical (unpaired) electrons. The molecule has 0 saturated carbocycles. The van der Waals surface area contributed by atoms with Crippen LogP contribution in [-0.4, -0.2) is 30.6 Å². The Morgan fingerprint density at radius 2 is 2.05 bits per heavy atom. The molecule has 0 spiro atoms. The highest BCUT2D eigenvalue weighted by molar-refractivity contribution is 9.10. The van der Waals surface area contributed by atoms with E-state index in [2.05, 4.69) is 65.1 Å². The molecule has 1 aliphatic heterocycles. The van der Waals surface area contributed by atoms with Gasteiger partial charge < -0.3 is 10.2 Å². The monoisotopic (exact) mass is 338 g/mol. The van der Waals surface area contributed by atoms with Crippen LogP contribution in [-0.2, 0) is 0 Å². The van der Waals surface area contributed by atoms with Crippen molar-refractivity contribution in [3.8, 4) is 0 Å². The van der Waals surface area contributed by atoms with Crippen molar-refractivity contribution in [2.45, 2.75) is 46.1 Å². The maximum atomic E-state index is 3.71. The molecule has 1 aliphatic rings. The van der Waals surface area contributed by atoms with E-state index in [4.69, 9.17) is 0 Å². The zero-order valence-electron chi connectivity index (χ0n) is 13.0. The minimum atomic E-state index is 0.554. The van der Waals surface area contributed by atoms with E-state index in [0.29, 0.717) is 6.04 Å². The summed E-state index contributed by atoms with van der Waals surface area (Å²) in [4.78, 5) is 2.61. The van der Waals surface area contributed by atoms with Crippen LogP contribution in [0.3, 0.4) is 0 Å². The van der Waals surface area contributed by atoms with Gasteiger partial charge in [-0.3, -0.25) is 0 Å². The first-order valence-corrected chi connectivity index (χ1v) is 8.64. The molecule has 3 heteroatoms. The van der Waals surface area contributed by atoms with Gasteiger partial charge in [0.15, 0.2) is 0 Å². The van der Waals surface area contributed by atoms with Gasteiger partial charge in [-0.2, -0.15) is 0 Å². The summed E-state index contributed by atoms with van der Waals surface area (Å²) in [5.41, 5.74) is 2.59. The predicted octanol–water partition coefficient (Wildman–Crippen LogP) is 4.68. The van der Waals surface area contributed by atoms with Gasteiger partial charge in [-0.25, -0.2) is 0 Å². The van der Waals surface area contributed by atoms with Gasteiger partial charge in [0, 0.05) is 16.2 Å². The zero-order chi connectivity index (χ0) is 14.5. The summed E-state index contributed by atoms with van der Waals surface area (Å²) in [6, 6.07) is 7.03. The van der Waals surface area contributed by atoms with Crippen LogP contribution in [0.2, 0.25) is 0 Å². The number of anilines is 1. The molecular weight excluding hydrogens is 312 g/mol. The van der Waals surface area contributed by atoms with Gasteiger partial charge >= 0.3 is 0 Å². The second kappa shape index (κ2) is 7.46. The lowest BCUT2D eigenvalue weighted by molar-refractivity contribution is 0.176. The van der Waals surface area contributed by atoms with Crippen molar-refractivity contribution in [1.82, 2.24) is 4.90 Å². The van der Waals surface area contributed by atoms with Gasteiger partial charge in [0.05, 0.1) is 0 Å². The van der Waals surface area contributed by atoms with Gasteiger partial charge in [0.25, 0.3) is 0 Å². The third kappa shape index (κ3) is 4.23. The Labute approximate surface area is 132 Å². The van der Waals surface area contributed by atoms with E-state index in [1.165, 1.54) is 50.1 Å². The van der Waals surface area contributed by atoms with Crippen LogP contribution in [0.5, 0.6) is 0 Å². The lowest BCUT2D eigenvalue weighted by Gasteiger charge is -2.35. The van der Waals surface area contributed by atoms with Crippen LogP contribution in [0.4, 0.5) is 5.69 Å². The van der Waals surface area contributed by atoms with Crippen molar-refractivity contribution in [2.75, 3.05) is 25.0 Å². The second-order valence-corrected chi connectivity index (χ2v) is 6.99. The van der Waals surface area contributed by atoms with Crippen LogP contribution in [0, 0.1) is 12.8 Å². The van der Waals surface area contributed by atoms with Gasteiger partial charge in [0.2, 0.25) is 0 Å². The average molecular weight is 339 g/mol. The van der Waals surface area contributed by atoms with Crippen LogP contribution in [0.1, 0.15) is 38.7 Å². The van der Waals surface area contributed by atoms with E-state index >= 15 is 0 Å². The third-order valence-electron chi connectivity index (χ3n) is 4.45. The minimum absolute atomic E-state index is 0.554. The normalized spacial score (nSPS) is 19.0. The molecule has 112 valence electrons. The number of benzene rings is 1. The molecule has 1 heterocycles. The maximum Gasteiger partial charge on any atom is 0.0372 e. The Kier molecular flexibility index (Phi) is 5.91. The number of hydrogen-bond acceptors (Lipinski definition) is 2. The molecule has 1 aromatic carbocycles. The molecule has 1 saturated heterocycles. The molecule has 0 aromatic heterocycles. The summed E-state index contributed by atoms with van der Waals surface area (Å²) in [7, 11) is 0. The average Bonchev–Trinajstić information content (AvgIpc) is 2.43. The fraction of sp³-hybridized carbons (Fsp3) is 0.647. The summed E-state index contributed by atoms with van der Waals surface area (Å²) in [5, 5.41) is 3.71. The largest absolute Gasteiger partial charge is 0.382 e. The number of aryl methyl sites for hydroxylation is 1. The standard InChI is InChI=1S/C17H27BrN2/c1-4-9-20-10-7-15(8-11-20)14(3)19-17-6-5-16(18)12-13(17)2/h5-6,12,14-15,19H,4,7-11H2,1-3H3. The summed E-state index contributed by atoms with van der Waals surface area (Å²) >= 11 is 3.53. The number of rotatable bonds is 5. The van der Waals surface area contributed by atoms with Crippen molar-refractivity contribution in [2.24, 2.45) is 5.92 Å². The van der Waals surface area contributed by atoms with Gasteiger partial charge in [-0.05, 0) is 82.4 Å². The number of nitrogens with zero attached hydrogens (tertiary/aromatic N) is 1. The van der Waals surface area contributed by atoms with E-state index in [0.717, 1.165) is 10.4 Å². The predicted molar refractivity (Wildman–Crippen MR) is 91.4 cm³/mol. The Morgan fingerprint density at radius 3 is 2.65 bits per heavy atom. The fourth-order valence-corrected chi connectivity index (χ4v) is 3.62. The molecule has 1 atom stereocenters. The van der Waals surface area contributed by atoms with Crippen LogP contribution >= 0.6 is 15.9 Å². The van der Waals surface area contributed by atoms with Gasteiger partial charge in [-0.15, -0.1) is 0 Å². The summed E-state index contributed by atoms with van der Waals surface area (Å²) in [6.07, 6.45) is 3.92. The highest BCUT2D eigenvalue weighted by Gasteiger charge is 2.23. The highest BCUT2D eigenvalue weighted by atomic mass is 79.9. The minimum Gasteiger partial charge on any atom is -0.382 e. The third-order valence-corrected chi connectivity index (χ3v) is 4.94. The second-order valence-electron chi connectivity index (χ2n) is 6.07. The molecule has 1 unspecified atom stereocenters. The molecule has 0 amide bonds. The highest BCUT2D eigenvalue weighted by Crippen LogP contribution is 2.26. The Morgan fingerprint density at radius 1 is 1.35 bits per heavy atom. The van der Waals surface area contributed by atoms with Crippen LogP contribution in [0.15, 0.2) is 22.7 Å². The lowest BCUT2D eigenvalue weighted by atomic mass is 9.90. The lowest BCUT2D eigenvalue weighted by Crippen LogP contribution is -2.39. The Hall–Kier alpha value is -0.540. The van der Waals surface area contributed by atoms with Crippen molar-refractivity contribution >= 4 is 21.6 Å². The van der Waals surface area contributed by atoms with Crippen molar-refractivity contribution < 1.29 is 0 Å². The number of piperidine rings is 1. The van der Waals surface area contributed by atoms with E-state index in [1.54, 1.807) is 0 Å². The first-order valence-electron chi connectivity index (χ1n) is 7.85. The number of likely N-dealkylation sites (tertiary alicyclic amines) is 1. The summed E-state index contributed by atoms with van der Waals surface area (Å²) < 4.78 is 1.15. The molecule has 1 fully saturated rings. The molecule has 20 heavy (non-hydrogen) atoms. The topological polar surface area (TPSA) is 15.3 Å². The van der Waals surface area contributed by atoms with Crippen molar-refractivity contribution in [1.29, 1.82) is 0 Å². The van der Waals surface area contributed by atoms with Crippen LogP contribution < -0.4 is 5.32 Å². The van der Waals surface area contributed by atoms with E-state index < -0.39 is 0 Å². The van der Waals surface area contributed by atoms with E-state index in [-0.39, 0.29) is 0 Å². The van der Waals surface area contributed by atoms with E-state index in [1.807, 2.05) is 0 Å². The fourth-order valence-electron chi connectivity index (χ4n) is 3.14. The Bertz CT molecular complexity index is 425. The van der Waals surface area contributed by atoms with Crippen molar-refractivity contribution in [3.63, 3.8) is 0 Å². The van der Waals surface area contributed by atoms with Gasteiger partial charge in [0.1, 0.15) is 0 Å². The first-order chi connectivity index (χ1) is 9.60. The molecule has 1 N–H and O–H groups in total. The molecule has 0 aliphatic carbocycles. The molecular formula is C17H27BrN2. The SMILES string of the molecule is CCCN1CCC(C(C)Nc2ccc(Br)cc2C)CC1. The summed E-state index contributed by atoms with van der Waals surface area (Å²) in [6.45, 7) is 10.6. The summed E-state index contributed by atoms with van der Waals surface area (Å²) in [5.74, 6) is 0.797. The molecule has 2 rings (SSSR count). The number of halogens is 1. The smallest absolute Gasteiger partial charge is 0.0372 e. The Balaban J connectivity index is 1.87. The molecule has 2 nitrogen and oxygen atoms in total. The molecule has 1 aromatic rings.